The zero-order valence-electron chi connectivity index (χ0n) is 11.0. The molecule has 2 rings (SSSR count). The summed E-state index contributed by atoms with van der Waals surface area (Å²) in [4.78, 5) is 17.6. The second kappa shape index (κ2) is 6.44. The number of hydrogen-bond acceptors (Lipinski definition) is 5. The van der Waals surface area contributed by atoms with Crippen LogP contribution in [0, 0.1) is 5.82 Å². The third-order valence-corrected chi connectivity index (χ3v) is 3.69. The molecule has 0 radical (unpaired) electrons. The minimum absolute atomic E-state index is 0.264. The average molecular weight is 294 g/mol. The Hall–Kier alpha value is -1.99. The summed E-state index contributed by atoms with van der Waals surface area (Å²) >= 11 is 1.24. The van der Waals surface area contributed by atoms with Crippen molar-refractivity contribution in [2.45, 2.75) is 13.5 Å². The third kappa shape index (κ3) is 3.31. The minimum Gasteiger partial charge on any atom is -0.366 e. The Balaban J connectivity index is 2.12. The molecule has 0 aliphatic heterocycles. The first kappa shape index (κ1) is 14.4. The number of nitrogens with zero attached hydrogens (tertiary/aromatic N) is 2. The largest absolute Gasteiger partial charge is 0.366 e. The van der Waals surface area contributed by atoms with Gasteiger partial charge in [0.25, 0.3) is 5.91 Å². The van der Waals surface area contributed by atoms with Crippen LogP contribution in [0.15, 0.2) is 29.6 Å². The van der Waals surface area contributed by atoms with Crippen molar-refractivity contribution in [1.82, 2.24) is 10.4 Å². The van der Waals surface area contributed by atoms with Gasteiger partial charge in [0, 0.05) is 17.6 Å². The van der Waals surface area contributed by atoms with Gasteiger partial charge in [-0.25, -0.2) is 15.2 Å². The first-order valence-corrected chi connectivity index (χ1v) is 6.98. The predicted octanol–water partition coefficient (Wildman–Crippen LogP) is 1.91. The van der Waals surface area contributed by atoms with Gasteiger partial charge in [-0.1, -0.05) is 0 Å². The second-order valence-corrected chi connectivity index (χ2v) is 4.97. The molecule has 0 spiro atoms. The summed E-state index contributed by atoms with van der Waals surface area (Å²) in [5, 5.41) is 2.15. The van der Waals surface area contributed by atoms with E-state index >= 15 is 0 Å². The van der Waals surface area contributed by atoms with Gasteiger partial charge >= 0.3 is 0 Å². The quantitative estimate of drug-likeness (QED) is 0.502. The highest BCUT2D eigenvalue weighted by atomic mass is 32.1. The van der Waals surface area contributed by atoms with Gasteiger partial charge in [-0.05, 0) is 31.2 Å². The van der Waals surface area contributed by atoms with E-state index in [4.69, 9.17) is 5.84 Å². The number of carbonyl (C=O) groups is 1. The lowest BCUT2D eigenvalue weighted by molar-refractivity contribution is 0.0953. The Labute approximate surface area is 120 Å². The predicted molar refractivity (Wildman–Crippen MR) is 76.9 cm³/mol. The number of hydrogen-bond donors (Lipinski definition) is 2. The lowest BCUT2D eigenvalue weighted by Crippen LogP contribution is -2.30. The number of hydrazine groups is 1. The maximum atomic E-state index is 12.9. The summed E-state index contributed by atoms with van der Waals surface area (Å²) in [5.74, 6) is 4.41. The number of thiazole rings is 1. The van der Waals surface area contributed by atoms with Crippen LogP contribution in [-0.4, -0.2) is 17.4 Å². The number of amides is 1. The lowest BCUT2D eigenvalue weighted by Gasteiger charge is -2.22. The summed E-state index contributed by atoms with van der Waals surface area (Å²) in [6.07, 6.45) is 0. The number of anilines is 1. The number of nitrogen functional groups attached to an aromatic ring is 1. The van der Waals surface area contributed by atoms with Gasteiger partial charge in [0.15, 0.2) is 5.01 Å². The molecule has 0 bridgehead atoms. The van der Waals surface area contributed by atoms with E-state index < -0.39 is 5.91 Å². The number of rotatable bonds is 5. The zero-order valence-corrected chi connectivity index (χ0v) is 11.8. The zero-order chi connectivity index (χ0) is 14.5. The molecule has 0 unspecified atom stereocenters. The molecule has 5 nitrogen and oxygen atoms in total. The van der Waals surface area contributed by atoms with E-state index in [-0.39, 0.29) is 5.82 Å². The van der Waals surface area contributed by atoms with E-state index in [1.54, 1.807) is 12.1 Å². The van der Waals surface area contributed by atoms with Crippen LogP contribution in [0.2, 0.25) is 0 Å². The Morgan fingerprint density at radius 1 is 1.45 bits per heavy atom. The third-order valence-electron chi connectivity index (χ3n) is 2.80. The summed E-state index contributed by atoms with van der Waals surface area (Å²) < 4.78 is 12.9. The molecule has 1 amide bonds. The van der Waals surface area contributed by atoms with Crippen molar-refractivity contribution in [3.8, 4) is 0 Å². The Kier molecular flexibility index (Phi) is 4.65. The highest BCUT2D eigenvalue weighted by Crippen LogP contribution is 2.18. The van der Waals surface area contributed by atoms with Gasteiger partial charge in [-0.15, -0.1) is 11.3 Å². The molecule has 3 N–H and O–H groups in total. The van der Waals surface area contributed by atoms with Crippen molar-refractivity contribution >= 4 is 22.9 Å². The smallest absolute Gasteiger partial charge is 0.294 e. The Morgan fingerprint density at radius 3 is 2.75 bits per heavy atom. The molecule has 1 heterocycles. The van der Waals surface area contributed by atoms with Gasteiger partial charge in [-0.3, -0.25) is 10.2 Å². The van der Waals surface area contributed by atoms with Crippen LogP contribution in [0.5, 0.6) is 0 Å². The number of carbonyl (C=O) groups excluding carboxylic acids is 1. The fourth-order valence-corrected chi connectivity index (χ4v) is 2.49. The highest BCUT2D eigenvalue weighted by molar-refractivity contribution is 7.11. The molecule has 7 heteroatoms. The minimum atomic E-state index is -0.397. The first-order chi connectivity index (χ1) is 9.63. The maximum Gasteiger partial charge on any atom is 0.294 e. The maximum absolute atomic E-state index is 12.9. The average Bonchev–Trinajstić information content (AvgIpc) is 2.93. The summed E-state index contributed by atoms with van der Waals surface area (Å²) in [6, 6.07) is 6.29. The van der Waals surface area contributed by atoms with Crippen molar-refractivity contribution in [3.63, 3.8) is 0 Å². The molecular weight excluding hydrogens is 279 g/mol. The van der Waals surface area contributed by atoms with Crippen molar-refractivity contribution in [3.05, 3.63) is 46.2 Å². The highest BCUT2D eigenvalue weighted by Gasteiger charge is 2.12. The number of nitrogens with two attached hydrogens (primary N) is 1. The van der Waals surface area contributed by atoms with Gasteiger partial charge in [0.1, 0.15) is 5.82 Å². The van der Waals surface area contributed by atoms with Gasteiger partial charge in [0.2, 0.25) is 0 Å². The molecule has 1 aromatic carbocycles. The number of aromatic nitrogens is 1. The van der Waals surface area contributed by atoms with E-state index in [1.807, 2.05) is 17.2 Å². The normalized spacial score (nSPS) is 10.3. The molecule has 106 valence electrons. The molecule has 0 aliphatic rings. The Bertz CT molecular complexity index is 584. The molecule has 0 saturated heterocycles. The van der Waals surface area contributed by atoms with E-state index in [0.29, 0.717) is 11.6 Å². The van der Waals surface area contributed by atoms with Crippen LogP contribution in [0.4, 0.5) is 10.1 Å². The summed E-state index contributed by atoms with van der Waals surface area (Å²) in [7, 11) is 0. The second-order valence-electron chi connectivity index (χ2n) is 4.11. The Morgan fingerprint density at radius 2 is 2.15 bits per heavy atom. The molecule has 20 heavy (non-hydrogen) atoms. The van der Waals surface area contributed by atoms with Crippen LogP contribution < -0.4 is 16.2 Å². The van der Waals surface area contributed by atoms with Crippen molar-refractivity contribution in [2.24, 2.45) is 5.84 Å². The standard InChI is InChI=1S/C13H15FN4OS/c1-2-18(11-5-3-9(14)4-6-11)7-10-8-20-13(16-10)12(19)17-15/h3-6,8H,2,7,15H2,1H3,(H,17,19). The van der Waals surface area contributed by atoms with Crippen molar-refractivity contribution < 1.29 is 9.18 Å². The van der Waals surface area contributed by atoms with E-state index in [2.05, 4.69) is 10.4 Å². The molecule has 0 saturated carbocycles. The molecule has 0 atom stereocenters. The fourth-order valence-electron chi connectivity index (χ4n) is 1.78. The monoisotopic (exact) mass is 294 g/mol. The molecule has 0 aliphatic carbocycles. The van der Waals surface area contributed by atoms with Crippen LogP contribution in [0.3, 0.4) is 0 Å². The summed E-state index contributed by atoms with van der Waals surface area (Å²) in [6.45, 7) is 3.31. The fraction of sp³-hybridized carbons (Fsp3) is 0.231. The number of nitrogens with one attached hydrogen (secondary N) is 1. The van der Waals surface area contributed by atoms with Crippen LogP contribution in [0.1, 0.15) is 22.4 Å². The first-order valence-electron chi connectivity index (χ1n) is 6.10. The van der Waals surface area contributed by atoms with E-state index in [9.17, 15) is 9.18 Å². The van der Waals surface area contributed by atoms with Gasteiger partial charge in [-0.2, -0.15) is 0 Å². The molecule has 0 fully saturated rings. The van der Waals surface area contributed by atoms with Crippen molar-refractivity contribution in [2.75, 3.05) is 11.4 Å². The summed E-state index contributed by atoms with van der Waals surface area (Å²) in [5.41, 5.74) is 3.74. The SMILES string of the molecule is CCN(Cc1csc(C(=O)NN)n1)c1ccc(F)cc1. The van der Waals surface area contributed by atoms with Crippen molar-refractivity contribution in [1.29, 1.82) is 0 Å². The van der Waals surface area contributed by atoms with Gasteiger partial charge < -0.3 is 4.90 Å². The van der Waals surface area contributed by atoms with E-state index in [1.165, 1.54) is 23.5 Å². The number of halogens is 1. The van der Waals surface area contributed by atoms with Crippen LogP contribution in [-0.2, 0) is 6.54 Å². The van der Waals surface area contributed by atoms with Gasteiger partial charge in [0.05, 0.1) is 12.2 Å². The molecule has 2 aromatic rings. The molecule has 1 aromatic heterocycles. The van der Waals surface area contributed by atoms with Crippen LogP contribution >= 0.6 is 11.3 Å². The van der Waals surface area contributed by atoms with E-state index in [0.717, 1.165) is 17.9 Å². The lowest BCUT2D eigenvalue weighted by atomic mass is 10.2. The topological polar surface area (TPSA) is 71.2 Å². The number of benzene rings is 1. The van der Waals surface area contributed by atoms with Crippen LogP contribution in [0.25, 0.3) is 0 Å². The molecular formula is C13H15FN4OS.